The van der Waals surface area contributed by atoms with Crippen molar-refractivity contribution in [2.24, 2.45) is 0 Å². The van der Waals surface area contributed by atoms with Crippen LogP contribution < -0.4 is 10.6 Å². The van der Waals surface area contributed by atoms with Crippen LogP contribution in [0, 0.1) is 0 Å². The molecule has 142 valence electrons. The molecular formula is C21H21N5O2. The Hall–Kier alpha value is -3.48. The third-order valence-corrected chi connectivity index (χ3v) is 5.18. The van der Waals surface area contributed by atoms with E-state index in [-0.39, 0.29) is 17.7 Å². The van der Waals surface area contributed by atoms with Crippen molar-refractivity contribution in [3.63, 3.8) is 0 Å². The van der Waals surface area contributed by atoms with Gasteiger partial charge in [0.2, 0.25) is 0 Å². The van der Waals surface area contributed by atoms with Crippen molar-refractivity contribution in [1.82, 2.24) is 19.8 Å². The Labute approximate surface area is 162 Å². The molecule has 0 aliphatic carbocycles. The highest BCUT2D eigenvalue weighted by atomic mass is 16.2. The van der Waals surface area contributed by atoms with Gasteiger partial charge in [-0.2, -0.15) is 9.36 Å². The molecule has 1 aromatic heterocycles. The molecule has 0 spiro atoms. The van der Waals surface area contributed by atoms with Gasteiger partial charge < -0.3 is 4.90 Å². The van der Waals surface area contributed by atoms with E-state index in [0.29, 0.717) is 5.69 Å². The second-order valence-electron chi connectivity index (χ2n) is 7.36. The molecule has 0 N–H and O–H groups in total. The molecule has 0 amide bonds. The van der Waals surface area contributed by atoms with Crippen molar-refractivity contribution >= 4 is 11.5 Å². The first-order valence-electron chi connectivity index (χ1n) is 9.06. The number of aromatic nitrogens is 4. The van der Waals surface area contributed by atoms with Crippen LogP contribution in [-0.2, 0) is 16.8 Å². The van der Waals surface area contributed by atoms with Crippen LogP contribution in [0.25, 0.3) is 5.69 Å². The summed E-state index contributed by atoms with van der Waals surface area (Å²) in [6.45, 7) is 4.02. The number of fused-ring (bicyclic) bond motifs is 1. The lowest BCUT2D eigenvalue weighted by atomic mass is 9.83. The van der Waals surface area contributed by atoms with E-state index in [1.807, 2.05) is 48.3 Å². The molecule has 0 fully saturated rings. The highest BCUT2D eigenvalue weighted by molar-refractivity contribution is 5.92. The maximum atomic E-state index is 12.7. The number of carbonyl (C=O) groups excluding carboxylic acids is 1. The average molecular weight is 375 g/mol. The molecule has 0 unspecified atom stereocenters. The number of carbonyl (C=O) groups is 1. The van der Waals surface area contributed by atoms with Gasteiger partial charge >= 0.3 is 5.69 Å². The van der Waals surface area contributed by atoms with E-state index in [4.69, 9.17) is 0 Å². The van der Waals surface area contributed by atoms with Gasteiger partial charge in [-0.05, 0) is 34.2 Å². The Morgan fingerprint density at radius 3 is 2.43 bits per heavy atom. The van der Waals surface area contributed by atoms with Gasteiger partial charge in [0, 0.05) is 29.9 Å². The van der Waals surface area contributed by atoms with Crippen molar-refractivity contribution in [2.75, 3.05) is 11.9 Å². The van der Waals surface area contributed by atoms with Gasteiger partial charge in [0.05, 0.1) is 5.69 Å². The predicted octanol–water partition coefficient (Wildman–Crippen LogP) is 2.31. The van der Waals surface area contributed by atoms with Crippen LogP contribution in [0.1, 0.15) is 19.4 Å². The second-order valence-corrected chi connectivity index (χ2v) is 7.36. The van der Waals surface area contributed by atoms with Crippen LogP contribution >= 0.6 is 0 Å². The molecule has 0 saturated carbocycles. The molecule has 0 saturated heterocycles. The summed E-state index contributed by atoms with van der Waals surface area (Å²) in [5.41, 5.74) is 3.01. The van der Waals surface area contributed by atoms with Crippen molar-refractivity contribution in [3.05, 3.63) is 82.4 Å². The van der Waals surface area contributed by atoms with Crippen LogP contribution in [0.15, 0.2) is 71.2 Å². The monoisotopic (exact) mass is 375 g/mol. The number of tetrazole rings is 1. The van der Waals surface area contributed by atoms with E-state index in [9.17, 15) is 9.59 Å². The maximum Gasteiger partial charge on any atom is 0.368 e. The number of benzene rings is 2. The lowest BCUT2D eigenvalue weighted by Gasteiger charge is -2.23. The van der Waals surface area contributed by atoms with Gasteiger partial charge in [0.25, 0.3) is 0 Å². The van der Waals surface area contributed by atoms with Gasteiger partial charge in [-0.25, -0.2) is 4.79 Å². The molecule has 0 bridgehead atoms. The van der Waals surface area contributed by atoms with Crippen molar-refractivity contribution in [1.29, 1.82) is 0 Å². The zero-order chi connectivity index (χ0) is 19.9. The standard InChI is InChI=1S/C21H21N5O2/c1-21(2)17-11-7-8-12-18(17)24(3)19(21)13-16(27)14-25-20(28)26(23-22-25)15-9-5-4-6-10-15/h4-13H,14H2,1-3H3. The number of para-hydroxylation sites is 2. The first-order chi connectivity index (χ1) is 13.4. The molecule has 2 aromatic carbocycles. The zero-order valence-corrected chi connectivity index (χ0v) is 16.0. The maximum absolute atomic E-state index is 12.7. The summed E-state index contributed by atoms with van der Waals surface area (Å²) in [6.07, 6.45) is 1.61. The number of hydrogen-bond donors (Lipinski definition) is 0. The lowest BCUT2D eigenvalue weighted by Crippen LogP contribution is -2.28. The fourth-order valence-electron chi connectivity index (χ4n) is 3.71. The molecule has 4 rings (SSSR count). The van der Waals surface area contributed by atoms with Gasteiger partial charge in [0.1, 0.15) is 6.54 Å². The van der Waals surface area contributed by atoms with Gasteiger partial charge in [-0.15, -0.1) is 0 Å². The number of anilines is 1. The van der Waals surface area contributed by atoms with E-state index >= 15 is 0 Å². The largest absolute Gasteiger partial charge is 0.368 e. The fourth-order valence-corrected chi connectivity index (χ4v) is 3.71. The summed E-state index contributed by atoms with van der Waals surface area (Å²) in [6, 6.07) is 17.1. The summed E-state index contributed by atoms with van der Waals surface area (Å²) in [4.78, 5) is 27.3. The van der Waals surface area contributed by atoms with Crippen molar-refractivity contribution in [3.8, 4) is 5.69 Å². The van der Waals surface area contributed by atoms with E-state index in [1.54, 1.807) is 18.2 Å². The summed E-state index contributed by atoms with van der Waals surface area (Å²) in [5.74, 6) is -0.204. The molecule has 1 aliphatic rings. The Morgan fingerprint density at radius 1 is 1.04 bits per heavy atom. The van der Waals surface area contributed by atoms with E-state index in [0.717, 1.165) is 16.1 Å². The number of ketones is 1. The molecule has 0 atom stereocenters. The van der Waals surface area contributed by atoms with Gasteiger partial charge in [0.15, 0.2) is 5.78 Å². The summed E-state index contributed by atoms with van der Waals surface area (Å²) >= 11 is 0. The Balaban J connectivity index is 1.61. The van der Waals surface area contributed by atoms with Gasteiger partial charge in [-0.1, -0.05) is 50.2 Å². The molecule has 28 heavy (non-hydrogen) atoms. The third-order valence-electron chi connectivity index (χ3n) is 5.18. The minimum atomic E-state index is -0.444. The first-order valence-corrected chi connectivity index (χ1v) is 9.06. The highest BCUT2D eigenvalue weighted by Crippen LogP contribution is 2.46. The quantitative estimate of drug-likeness (QED) is 0.655. The SMILES string of the molecule is CN1C(=CC(=O)Cn2nnn(-c3ccccc3)c2=O)C(C)(C)c2ccccc21. The highest BCUT2D eigenvalue weighted by Gasteiger charge is 2.38. The minimum absolute atomic E-state index is 0.157. The number of rotatable bonds is 4. The van der Waals surface area contributed by atoms with Crippen LogP contribution in [0.3, 0.4) is 0 Å². The summed E-state index contributed by atoms with van der Waals surface area (Å²) < 4.78 is 2.27. The van der Waals surface area contributed by atoms with Crippen molar-refractivity contribution < 1.29 is 4.79 Å². The zero-order valence-electron chi connectivity index (χ0n) is 16.0. The smallest absolute Gasteiger partial charge is 0.347 e. The molecule has 7 nitrogen and oxygen atoms in total. The molecule has 2 heterocycles. The predicted molar refractivity (Wildman–Crippen MR) is 107 cm³/mol. The Kier molecular flexibility index (Phi) is 4.22. The van der Waals surface area contributed by atoms with E-state index in [2.05, 4.69) is 30.3 Å². The first kappa shape index (κ1) is 17.9. The number of nitrogens with zero attached hydrogens (tertiary/aromatic N) is 5. The normalized spacial score (nSPS) is 16.4. The second kappa shape index (κ2) is 6.60. The van der Waals surface area contributed by atoms with Crippen molar-refractivity contribution in [2.45, 2.75) is 25.8 Å². The van der Waals surface area contributed by atoms with Crippen LogP contribution in [0.4, 0.5) is 5.69 Å². The molecule has 1 aliphatic heterocycles. The third kappa shape index (κ3) is 2.85. The average Bonchev–Trinajstić information content (AvgIpc) is 3.14. The number of allylic oxidation sites excluding steroid dienone is 2. The Morgan fingerprint density at radius 2 is 1.71 bits per heavy atom. The van der Waals surface area contributed by atoms with E-state index in [1.165, 1.54) is 10.2 Å². The molecule has 7 heteroatoms. The number of hydrogen-bond acceptors (Lipinski definition) is 5. The summed E-state index contributed by atoms with van der Waals surface area (Å²) in [7, 11) is 1.95. The molecule has 3 aromatic rings. The minimum Gasteiger partial charge on any atom is -0.347 e. The fraction of sp³-hybridized carbons (Fsp3) is 0.238. The van der Waals surface area contributed by atoms with E-state index < -0.39 is 5.69 Å². The van der Waals surface area contributed by atoms with Gasteiger partial charge in [-0.3, -0.25) is 4.79 Å². The molecule has 0 radical (unpaired) electrons. The number of likely N-dealkylation sites (N-methyl/N-ethyl adjacent to an activating group) is 1. The van der Waals surface area contributed by atoms with Crippen LogP contribution in [-0.4, -0.2) is 32.6 Å². The van der Waals surface area contributed by atoms with Crippen LogP contribution in [0.2, 0.25) is 0 Å². The summed E-state index contributed by atoms with van der Waals surface area (Å²) in [5, 5.41) is 7.74. The van der Waals surface area contributed by atoms with Crippen LogP contribution in [0.5, 0.6) is 0 Å². The Bertz CT molecular complexity index is 1120. The lowest BCUT2D eigenvalue weighted by molar-refractivity contribution is -0.115. The topological polar surface area (TPSA) is 73.0 Å². The molecular weight excluding hydrogens is 354 g/mol.